The van der Waals surface area contributed by atoms with Crippen LogP contribution in [0.5, 0.6) is 0 Å². The summed E-state index contributed by atoms with van der Waals surface area (Å²) >= 11 is 0. The molecule has 20 heavy (non-hydrogen) atoms. The van der Waals surface area contributed by atoms with Crippen molar-refractivity contribution in [3.8, 4) is 0 Å². The van der Waals surface area contributed by atoms with Gasteiger partial charge in [-0.25, -0.2) is 4.79 Å². The summed E-state index contributed by atoms with van der Waals surface area (Å²) in [4.78, 5) is 23.1. The van der Waals surface area contributed by atoms with E-state index in [0.29, 0.717) is 5.92 Å². The number of imide groups is 1. The maximum Gasteiger partial charge on any atom is 0.321 e. The Labute approximate surface area is 120 Å². The standard InChI is InChI=1S/C15H23N3O2/c1-10(2)13(12-8-6-5-7-9-12)17-11(3)14(19)18-15(20)16-4/h5-11,13,17H,1-4H3,(H2,16,18,19,20)/p+1/t11-,13-/m0/s1. The molecule has 0 fully saturated rings. The Bertz CT molecular complexity index is 446. The molecule has 0 aromatic heterocycles. The van der Waals surface area contributed by atoms with Crippen molar-refractivity contribution in [1.29, 1.82) is 0 Å². The molecular weight excluding hydrogens is 254 g/mol. The molecule has 5 nitrogen and oxygen atoms in total. The Morgan fingerprint density at radius 1 is 1.10 bits per heavy atom. The van der Waals surface area contributed by atoms with Gasteiger partial charge in [-0.15, -0.1) is 0 Å². The molecule has 5 heteroatoms. The van der Waals surface area contributed by atoms with Crippen molar-refractivity contribution in [2.75, 3.05) is 7.05 Å². The minimum Gasteiger partial charge on any atom is -0.341 e. The van der Waals surface area contributed by atoms with Crippen LogP contribution in [0, 0.1) is 5.92 Å². The second-order valence-corrected chi connectivity index (χ2v) is 5.23. The fourth-order valence-electron chi connectivity index (χ4n) is 2.08. The fraction of sp³-hybridized carbons (Fsp3) is 0.467. The maximum absolute atomic E-state index is 11.9. The van der Waals surface area contributed by atoms with Gasteiger partial charge in [-0.1, -0.05) is 44.2 Å². The maximum atomic E-state index is 11.9. The second kappa shape index (κ2) is 7.65. The summed E-state index contributed by atoms with van der Waals surface area (Å²) in [5.74, 6) is 0.0959. The number of nitrogens with one attached hydrogen (secondary N) is 2. The van der Waals surface area contributed by atoms with E-state index in [-0.39, 0.29) is 18.0 Å². The Kier molecular flexibility index (Phi) is 6.18. The number of urea groups is 1. The normalized spacial score (nSPS) is 13.7. The number of hydrogen-bond acceptors (Lipinski definition) is 2. The quantitative estimate of drug-likeness (QED) is 0.745. The molecule has 0 unspecified atom stereocenters. The van der Waals surface area contributed by atoms with Crippen molar-refractivity contribution >= 4 is 11.9 Å². The summed E-state index contributed by atoms with van der Waals surface area (Å²) in [7, 11) is 1.48. The van der Waals surface area contributed by atoms with Crippen LogP contribution in [-0.4, -0.2) is 25.0 Å². The summed E-state index contributed by atoms with van der Waals surface area (Å²) in [6.07, 6.45) is 0. The van der Waals surface area contributed by atoms with Crippen LogP contribution in [0.2, 0.25) is 0 Å². The molecule has 2 atom stereocenters. The van der Waals surface area contributed by atoms with E-state index in [1.807, 2.05) is 23.5 Å². The van der Waals surface area contributed by atoms with Crippen LogP contribution >= 0.6 is 0 Å². The molecule has 0 aliphatic heterocycles. The van der Waals surface area contributed by atoms with Gasteiger partial charge < -0.3 is 10.6 Å². The number of hydrogen-bond donors (Lipinski definition) is 3. The van der Waals surface area contributed by atoms with Gasteiger partial charge >= 0.3 is 6.03 Å². The van der Waals surface area contributed by atoms with Crippen molar-refractivity contribution in [2.45, 2.75) is 32.9 Å². The second-order valence-electron chi connectivity index (χ2n) is 5.23. The van der Waals surface area contributed by atoms with Gasteiger partial charge in [0.25, 0.3) is 5.91 Å². The molecule has 1 aromatic rings. The zero-order chi connectivity index (χ0) is 15.1. The Morgan fingerprint density at radius 3 is 2.20 bits per heavy atom. The third-order valence-corrected chi connectivity index (χ3v) is 3.28. The van der Waals surface area contributed by atoms with Crippen molar-refractivity contribution in [3.05, 3.63) is 35.9 Å². The molecule has 1 rings (SSSR count). The van der Waals surface area contributed by atoms with E-state index in [4.69, 9.17) is 0 Å². The minimum atomic E-state index is -0.476. The van der Waals surface area contributed by atoms with Crippen molar-refractivity contribution in [2.24, 2.45) is 5.92 Å². The number of benzene rings is 1. The third kappa shape index (κ3) is 4.66. The molecule has 0 bridgehead atoms. The van der Waals surface area contributed by atoms with E-state index in [9.17, 15) is 9.59 Å². The zero-order valence-electron chi connectivity index (χ0n) is 12.5. The van der Waals surface area contributed by atoms with E-state index >= 15 is 0 Å². The van der Waals surface area contributed by atoms with E-state index in [1.54, 1.807) is 6.92 Å². The molecule has 4 N–H and O–H groups in total. The van der Waals surface area contributed by atoms with Gasteiger partial charge in [0.2, 0.25) is 0 Å². The highest BCUT2D eigenvalue weighted by atomic mass is 16.2. The number of amides is 3. The van der Waals surface area contributed by atoms with Crippen LogP contribution in [0.15, 0.2) is 30.3 Å². The number of carbonyl (C=O) groups excluding carboxylic acids is 2. The molecule has 0 saturated carbocycles. The molecule has 0 saturated heterocycles. The largest absolute Gasteiger partial charge is 0.341 e. The Morgan fingerprint density at radius 2 is 1.70 bits per heavy atom. The highest BCUT2D eigenvalue weighted by Gasteiger charge is 2.26. The molecule has 0 aliphatic carbocycles. The predicted molar refractivity (Wildman–Crippen MR) is 78.0 cm³/mol. The molecule has 110 valence electrons. The lowest BCUT2D eigenvalue weighted by Gasteiger charge is -2.22. The minimum absolute atomic E-state index is 0.182. The van der Waals surface area contributed by atoms with Gasteiger partial charge in [0.15, 0.2) is 6.04 Å². The van der Waals surface area contributed by atoms with E-state index in [2.05, 4.69) is 36.6 Å². The lowest BCUT2D eigenvalue weighted by Crippen LogP contribution is -2.93. The summed E-state index contributed by atoms with van der Waals surface area (Å²) in [5, 5.41) is 6.68. The fourth-order valence-corrected chi connectivity index (χ4v) is 2.08. The van der Waals surface area contributed by atoms with Crippen molar-refractivity contribution in [3.63, 3.8) is 0 Å². The SMILES string of the molecule is CNC(=O)NC(=O)[C@H](C)[NH2+][C@H](c1ccccc1)C(C)C. The smallest absolute Gasteiger partial charge is 0.321 e. The van der Waals surface area contributed by atoms with Crippen LogP contribution in [0.25, 0.3) is 0 Å². The van der Waals surface area contributed by atoms with Crippen LogP contribution in [-0.2, 0) is 4.79 Å². The van der Waals surface area contributed by atoms with Crippen LogP contribution in [0.4, 0.5) is 4.79 Å². The first-order valence-corrected chi connectivity index (χ1v) is 6.88. The van der Waals surface area contributed by atoms with Crippen LogP contribution < -0.4 is 16.0 Å². The number of nitrogens with two attached hydrogens (primary N) is 1. The first-order valence-electron chi connectivity index (χ1n) is 6.88. The number of quaternary nitrogens is 1. The molecule has 0 spiro atoms. The average Bonchev–Trinajstić information content (AvgIpc) is 2.44. The van der Waals surface area contributed by atoms with Gasteiger partial charge in [-0.2, -0.15) is 0 Å². The van der Waals surface area contributed by atoms with Gasteiger partial charge in [-0.3, -0.25) is 10.1 Å². The summed E-state index contributed by atoms with van der Waals surface area (Å²) in [5.41, 5.74) is 1.18. The molecule has 0 heterocycles. The van der Waals surface area contributed by atoms with Crippen molar-refractivity contribution < 1.29 is 14.9 Å². The van der Waals surface area contributed by atoms with E-state index in [1.165, 1.54) is 12.6 Å². The molecule has 0 radical (unpaired) electrons. The average molecular weight is 278 g/mol. The first kappa shape index (κ1) is 16.2. The Hall–Kier alpha value is -1.88. The van der Waals surface area contributed by atoms with Gasteiger partial charge in [0, 0.05) is 18.5 Å². The summed E-state index contributed by atoms with van der Waals surface area (Å²) in [6, 6.07) is 9.46. The topological polar surface area (TPSA) is 74.8 Å². The Balaban J connectivity index is 2.71. The van der Waals surface area contributed by atoms with Crippen LogP contribution in [0.1, 0.15) is 32.4 Å². The van der Waals surface area contributed by atoms with Crippen molar-refractivity contribution in [1.82, 2.24) is 10.6 Å². The van der Waals surface area contributed by atoms with Gasteiger partial charge in [0.05, 0.1) is 0 Å². The molecular formula is C15H24N3O2+. The molecule has 3 amide bonds. The summed E-state index contributed by atoms with van der Waals surface area (Å²) in [6.45, 7) is 6.05. The monoisotopic (exact) mass is 278 g/mol. The lowest BCUT2D eigenvalue weighted by molar-refractivity contribution is -0.719. The first-order chi connectivity index (χ1) is 9.45. The van der Waals surface area contributed by atoms with Gasteiger partial charge in [0.1, 0.15) is 6.04 Å². The highest BCUT2D eigenvalue weighted by Crippen LogP contribution is 2.17. The van der Waals surface area contributed by atoms with Crippen LogP contribution in [0.3, 0.4) is 0 Å². The lowest BCUT2D eigenvalue weighted by atomic mass is 9.95. The third-order valence-electron chi connectivity index (χ3n) is 3.28. The number of carbonyl (C=O) groups is 2. The molecule has 0 aliphatic rings. The van der Waals surface area contributed by atoms with E-state index < -0.39 is 6.03 Å². The predicted octanol–water partition coefficient (Wildman–Crippen LogP) is 0.791. The zero-order valence-corrected chi connectivity index (χ0v) is 12.5. The number of rotatable bonds is 5. The molecule has 1 aromatic carbocycles. The van der Waals surface area contributed by atoms with E-state index in [0.717, 1.165) is 0 Å². The van der Waals surface area contributed by atoms with Gasteiger partial charge in [-0.05, 0) is 6.92 Å². The summed E-state index contributed by atoms with van der Waals surface area (Å²) < 4.78 is 0. The highest BCUT2D eigenvalue weighted by molar-refractivity contribution is 5.95.